The van der Waals surface area contributed by atoms with Crippen molar-refractivity contribution in [2.45, 2.75) is 19.8 Å². The number of carbonyl (C=O) groups excluding carboxylic acids is 2. The first-order valence-corrected chi connectivity index (χ1v) is 6.49. The molecule has 0 bridgehead atoms. The summed E-state index contributed by atoms with van der Waals surface area (Å²) in [5, 5.41) is 9.68. The largest absolute Gasteiger partial charge is 0.507 e. The highest BCUT2D eigenvalue weighted by Gasteiger charge is 2.12. The highest BCUT2D eigenvalue weighted by Crippen LogP contribution is 2.20. The molecule has 0 aromatic heterocycles. The molecule has 0 aliphatic rings. The number of aromatic hydroxyl groups is 1. The van der Waals surface area contributed by atoms with Gasteiger partial charge in [0, 0.05) is 12.0 Å². The molecule has 0 atom stereocenters. The van der Waals surface area contributed by atoms with Gasteiger partial charge in [-0.15, -0.1) is 0 Å². The summed E-state index contributed by atoms with van der Waals surface area (Å²) in [6.07, 6.45) is 1.19. The smallest absolute Gasteiger partial charge is 0.196 e. The highest BCUT2D eigenvalue weighted by atomic mass is 16.3. The van der Waals surface area contributed by atoms with Crippen molar-refractivity contribution < 1.29 is 14.7 Å². The Hall–Kier alpha value is -2.42. The Balaban J connectivity index is 2.16. The Labute approximate surface area is 117 Å². The van der Waals surface area contributed by atoms with Crippen LogP contribution in [0.2, 0.25) is 0 Å². The quantitative estimate of drug-likeness (QED) is 0.847. The maximum Gasteiger partial charge on any atom is 0.196 e. The average Bonchev–Trinajstić information content (AvgIpc) is 2.45. The van der Waals surface area contributed by atoms with Crippen LogP contribution in [0.4, 0.5) is 0 Å². The molecule has 2 aromatic rings. The van der Waals surface area contributed by atoms with E-state index in [1.807, 2.05) is 12.1 Å². The lowest BCUT2D eigenvalue weighted by Crippen LogP contribution is -2.02. The molecule has 0 aliphatic carbocycles. The lowest BCUT2D eigenvalue weighted by molar-refractivity contribution is -0.116. The van der Waals surface area contributed by atoms with E-state index in [1.54, 1.807) is 37.3 Å². The van der Waals surface area contributed by atoms with E-state index >= 15 is 0 Å². The maximum absolute atomic E-state index is 12.2. The fourth-order valence-corrected chi connectivity index (χ4v) is 1.96. The van der Waals surface area contributed by atoms with Crippen molar-refractivity contribution in [1.29, 1.82) is 0 Å². The van der Waals surface area contributed by atoms with Gasteiger partial charge in [-0.2, -0.15) is 0 Å². The molecule has 0 fully saturated rings. The van der Waals surface area contributed by atoms with Gasteiger partial charge in [0.1, 0.15) is 11.5 Å². The SMILES string of the molecule is CC(=O)CCc1ccc(C(=O)c2ccccc2O)cc1. The molecule has 0 aliphatic heterocycles. The summed E-state index contributed by atoms with van der Waals surface area (Å²) in [6.45, 7) is 1.57. The van der Waals surface area contributed by atoms with E-state index in [1.165, 1.54) is 6.07 Å². The zero-order valence-corrected chi connectivity index (χ0v) is 11.3. The van der Waals surface area contributed by atoms with Gasteiger partial charge in [0.15, 0.2) is 5.78 Å². The summed E-state index contributed by atoms with van der Waals surface area (Å²) in [6, 6.07) is 13.6. The van der Waals surface area contributed by atoms with E-state index < -0.39 is 0 Å². The number of benzene rings is 2. The van der Waals surface area contributed by atoms with Crippen molar-refractivity contribution in [2.24, 2.45) is 0 Å². The molecule has 0 saturated heterocycles. The number of aryl methyl sites for hydroxylation is 1. The van der Waals surface area contributed by atoms with Gasteiger partial charge in [-0.05, 0) is 31.0 Å². The molecule has 2 rings (SSSR count). The summed E-state index contributed by atoms with van der Waals surface area (Å²) in [4.78, 5) is 23.2. The number of phenols is 1. The van der Waals surface area contributed by atoms with Crippen LogP contribution in [0.5, 0.6) is 5.75 Å². The summed E-state index contributed by atoms with van der Waals surface area (Å²) < 4.78 is 0. The molecule has 0 spiro atoms. The molecule has 3 nitrogen and oxygen atoms in total. The molecule has 0 heterocycles. The van der Waals surface area contributed by atoms with Gasteiger partial charge < -0.3 is 9.90 Å². The second kappa shape index (κ2) is 6.15. The van der Waals surface area contributed by atoms with Crippen LogP contribution in [-0.2, 0) is 11.2 Å². The minimum Gasteiger partial charge on any atom is -0.507 e. The maximum atomic E-state index is 12.2. The summed E-state index contributed by atoms with van der Waals surface area (Å²) in [5.41, 5.74) is 1.84. The monoisotopic (exact) mass is 268 g/mol. The van der Waals surface area contributed by atoms with Crippen molar-refractivity contribution in [1.82, 2.24) is 0 Å². The van der Waals surface area contributed by atoms with E-state index in [0.717, 1.165) is 5.56 Å². The Morgan fingerprint density at radius 2 is 1.65 bits per heavy atom. The molecule has 0 saturated carbocycles. The van der Waals surface area contributed by atoms with Crippen LogP contribution in [0.3, 0.4) is 0 Å². The number of Topliss-reactive ketones (excluding diaryl/α,β-unsaturated/α-hetero) is 1. The molecule has 20 heavy (non-hydrogen) atoms. The average molecular weight is 268 g/mol. The molecule has 0 amide bonds. The van der Waals surface area contributed by atoms with E-state index in [-0.39, 0.29) is 17.3 Å². The minimum absolute atomic E-state index is 0.0156. The van der Waals surface area contributed by atoms with E-state index in [9.17, 15) is 14.7 Å². The first kappa shape index (κ1) is 14.0. The predicted molar refractivity (Wildman–Crippen MR) is 77.0 cm³/mol. The standard InChI is InChI=1S/C17H16O3/c1-12(18)6-7-13-8-10-14(11-9-13)17(20)15-4-2-3-5-16(15)19/h2-5,8-11,19H,6-7H2,1H3. The predicted octanol–water partition coefficient (Wildman–Crippen LogP) is 3.14. The number of phenolic OH excluding ortho intramolecular Hbond substituents is 1. The van der Waals surface area contributed by atoms with Crippen LogP contribution in [0.1, 0.15) is 34.8 Å². The normalized spacial score (nSPS) is 10.2. The Morgan fingerprint density at radius 1 is 1.00 bits per heavy atom. The molecule has 3 heteroatoms. The number of rotatable bonds is 5. The molecule has 2 aromatic carbocycles. The van der Waals surface area contributed by atoms with Crippen molar-refractivity contribution in [3.63, 3.8) is 0 Å². The van der Waals surface area contributed by atoms with Crippen molar-refractivity contribution >= 4 is 11.6 Å². The zero-order chi connectivity index (χ0) is 14.5. The Bertz CT molecular complexity index is 627. The van der Waals surface area contributed by atoms with Gasteiger partial charge in [-0.3, -0.25) is 4.79 Å². The van der Waals surface area contributed by atoms with Crippen LogP contribution < -0.4 is 0 Å². The molecular formula is C17H16O3. The number of para-hydroxylation sites is 1. The Kier molecular flexibility index (Phi) is 4.31. The molecule has 0 unspecified atom stereocenters. The summed E-state index contributed by atoms with van der Waals surface area (Å²) in [7, 11) is 0. The van der Waals surface area contributed by atoms with Crippen molar-refractivity contribution in [2.75, 3.05) is 0 Å². The number of ketones is 2. The van der Waals surface area contributed by atoms with Gasteiger partial charge in [0.05, 0.1) is 5.56 Å². The number of hydrogen-bond acceptors (Lipinski definition) is 3. The Morgan fingerprint density at radius 3 is 2.25 bits per heavy atom. The zero-order valence-electron chi connectivity index (χ0n) is 11.3. The lowest BCUT2D eigenvalue weighted by atomic mass is 10.00. The molecule has 102 valence electrons. The molecule has 1 N–H and O–H groups in total. The van der Waals surface area contributed by atoms with E-state index in [2.05, 4.69) is 0 Å². The van der Waals surface area contributed by atoms with Crippen LogP contribution in [-0.4, -0.2) is 16.7 Å². The van der Waals surface area contributed by atoms with Crippen molar-refractivity contribution in [3.8, 4) is 5.75 Å². The molecule has 0 radical (unpaired) electrons. The minimum atomic E-state index is -0.207. The van der Waals surface area contributed by atoms with Crippen LogP contribution >= 0.6 is 0 Å². The third kappa shape index (κ3) is 3.32. The fraction of sp³-hybridized carbons (Fsp3) is 0.176. The van der Waals surface area contributed by atoms with Crippen LogP contribution in [0.25, 0.3) is 0 Å². The summed E-state index contributed by atoms with van der Waals surface area (Å²) in [5.74, 6) is -0.0706. The van der Waals surface area contributed by atoms with Crippen molar-refractivity contribution in [3.05, 3.63) is 65.2 Å². The fourth-order valence-electron chi connectivity index (χ4n) is 1.96. The van der Waals surface area contributed by atoms with Gasteiger partial charge in [0.2, 0.25) is 0 Å². The van der Waals surface area contributed by atoms with Gasteiger partial charge in [0.25, 0.3) is 0 Å². The second-order valence-corrected chi connectivity index (χ2v) is 4.75. The first-order valence-electron chi connectivity index (χ1n) is 6.49. The van der Waals surface area contributed by atoms with E-state index in [4.69, 9.17) is 0 Å². The highest BCUT2D eigenvalue weighted by molar-refractivity contribution is 6.10. The summed E-state index contributed by atoms with van der Waals surface area (Å²) >= 11 is 0. The van der Waals surface area contributed by atoms with E-state index in [0.29, 0.717) is 24.0 Å². The molecular weight excluding hydrogens is 252 g/mol. The second-order valence-electron chi connectivity index (χ2n) is 4.75. The topological polar surface area (TPSA) is 54.4 Å². The number of carbonyl (C=O) groups is 2. The van der Waals surface area contributed by atoms with Crippen LogP contribution in [0, 0.1) is 0 Å². The van der Waals surface area contributed by atoms with Gasteiger partial charge >= 0.3 is 0 Å². The third-order valence-corrected chi connectivity index (χ3v) is 3.13. The number of hydrogen-bond donors (Lipinski definition) is 1. The van der Waals surface area contributed by atoms with Crippen LogP contribution in [0.15, 0.2) is 48.5 Å². The van der Waals surface area contributed by atoms with Gasteiger partial charge in [-0.1, -0.05) is 36.4 Å². The first-order chi connectivity index (χ1) is 9.58. The lowest BCUT2D eigenvalue weighted by Gasteiger charge is -2.05. The third-order valence-electron chi connectivity index (χ3n) is 3.13. The van der Waals surface area contributed by atoms with Gasteiger partial charge in [-0.25, -0.2) is 0 Å².